The predicted octanol–water partition coefficient (Wildman–Crippen LogP) is 1.32. The lowest BCUT2D eigenvalue weighted by molar-refractivity contribution is -0.135. The zero-order valence-electron chi connectivity index (χ0n) is 10.4. The van der Waals surface area contributed by atoms with Crippen molar-refractivity contribution in [3.8, 4) is 5.75 Å². The summed E-state index contributed by atoms with van der Waals surface area (Å²) in [5.41, 5.74) is 5.46. The second kappa shape index (κ2) is 5.77. The molecule has 1 atom stereocenters. The molecule has 1 unspecified atom stereocenters. The maximum Gasteiger partial charge on any atom is 0.262 e. The van der Waals surface area contributed by atoms with E-state index in [1.807, 2.05) is 0 Å². The number of nitrogens with two attached hydrogens (primary N) is 1. The van der Waals surface area contributed by atoms with Gasteiger partial charge in [-0.15, -0.1) is 0 Å². The number of amides is 1. The van der Waals surface area contributed by atoms with Gasteiger partial charge in [-0.3, -0.25) is 4.79 Å². The van der Waals surface area contributed by atoms with Gasteiger partial charge in [0, 0.05) is 14.1 Å². The van der Waals surface area contributed by atoms with Crippen LogP contribution < -0.4 is 10.5 Å². The fourth-order valence-electron chi connectivity index (χ4n) is 1.45. The van der Waals surface area contributed by atoms with E-state index in [0.29, 0.717) is 0 Å². The van der Waals surface area contributed by atoms with Crippen molar-refractivity contribution in [2.24, 2.45) is 5.73 Å². The van der Waals surface area contributed by atoms with Gasteiger partial charge in [0.25, 0.3) is 5.91 Å². The smallest absolute Gasteiger partial charge is 0.262 e. The summed E-state index contributed by atoms with van der Waals surface area (Å²) in [6, 6.07) is 4.23. The molecule has 1 aromatic carbocycles. The summed E-state index contributed by atoms with van der Waals surface area (Å²) in [6.07, 6.45) is -0.741. The zero-order chi connectivity index (χ0) is 13.9. The van der Waals surface area contributed by atoms with E-state index in [4.69, 9.17) is 22.7 Å². The highest BCUT2D eigenvalue weighted by Gasteiger charge is 2.20. The van der Waals surface area contributed by atoms with Crippen LogP contribution in [0.2, 0.25) is 0 Å². The van der Waals surface area contributed by atoms with E-state index in [0.717, 1.165) is 0 Å². The Morgan fingerprint density at radius 3 is 2.61 bits per heavy atom. The fourth-order valence-corrected chi connectivity index (χ4v) is 1.64. The van der Waals surface area contributed by atoms with E-state index < -0.39 is 11.9 Å². The van der Waals surface area contributed by atoms with Crippen LogP contribution in [0.4, 0.5) is 4.39 Å². The normalized spacial score (nSPS) is 11.8. The lowest BCUT2D eigenvalue weighted by Crippen LogP contribution is -2.35. The van der Waals surface area contributed by atoms with Crippen LogP contribution in [0.1, 0.15) is 12.5 Å². The molecular formula is C12H15FN2O2S. The molecule has 0 saturated heterocycles. The van der Waals surface area contributed by atoms with Crippen molar-refractivity contribution >= 4 is 23.1 Å². The second-order valence-corrected chi connectivity index (χ2v) is 4.41. The molecule has 0 aromatic heterocycles. The molecule has 0 aliphatic heterocycles. The van der Waals surface area contributed by atoms with Gasteiger partial charge in [0.05, 0.1) is 5.56 Å². The molecular weight excluding hydrogens is 255 g/mol. The number of likely N-dealkylation sites (N-methyl/N-ethyl adjacent to an activating group) is 1. The number of halogens is 1. The quantitative estimate of drug-likeness (QED) is 0.838. The molecule has 6 heteroatoms. The number of carbonyl (C=O) groups is 1. The van der Waals surface area contributed by atoms with Crippen molar-refractivity contribution in [2.75, 3.05) is 14.1 Å². The Balaban J connectivity index is 3.01. The molecule has 18 heavy (non-hydrogen) atoms. The lowest BCUT2D eigenvalue weighted by atomic mass is 10.2. The summed E-state index contributed by atoms with van der Waals surface area (Å²) < 4.78 is 19.0. The number of carbonyl (C=O) groups excluding carboxylic acids is 1. The number of ether oxygens (including phenoxy) is 1. The SMILES string of the molecule is CC(Oc1cccc(F)c1C(N)=S)C(=O)N(C)C. The summed E-state index contributed by atoms with van der Waals surface area (Å²) in [6.45, 7) is 1.58. The summed E-state index contributed by atoms with van der Waals surface area (Å²) >= 11 is 4.77. The Labute approximate surface area is 111 Å². The third kappa shape index (κ3) is 3.16. The molecule has 1 amide bonds. The van der Waals surface area contributed by atoms with E-state index in [1.54, 1.807) is 21.0 Å². The summed E-state index contributed by atoms with van der Waals surface area (Å²) in [4.78, 5) is 12.9. The highest BCUT2D eigenvalue weighted by atomic mass is 32.1. The van der Waals surface area contributed by atoms with Gasteiger partial charge in [-0.05, 0) is 19.1 Å². The number of nitrogens with zero attached hydrogens (tertiary/aromatic N) is 1. The maximum atomic E-state index is 13.6. The minimum Gasteiger partial charge on any atom is -0.480 e. The Bertz CT molecular complexity index is 477. The van der Waals surface area contributed by atoms with Crippen LogP contribution in [-0.2, 0) is 4.79 Å². The monoisotopic (exact) mass is 270 g/mol. The second-order valence-electron chi connectivity index (χ2n) is 3.97. The number of thiocarbonyl (C=S) groups is 1. The van der Waals surface area contributed by atoms with E-state index in [1.165, 1.54) is 23.1 Å². The third-order valence-electron chi connectivity index (χ3n) is 2.31. The van der Waals surface area contributed by atoms with Crippen molar-refractivity contribution in [1.29, 1.82) is 0 Å². The average molecular weight is 270 g/mol. The standard InChI is InChI=1S/C12H15FN2O2S/c1-7(12(16)15(2)3)17-9-6-4-5-8(13)10(9)11(14)18/h4-7H,1-3H3,(H2,14,18). The molecule has 0 fully saturated rings. The molecule has 1 aromatic rings. The van der Waals surface area contributed by atoms with Gasteiger partial charge < -0.3 is 15.4 Å². The minimum absolute atomic E-state index is 0.0194. The molecule has 0 heterocycles. The molecule has 0 aliphatic rings. The predicted molar refractivity (Wildman–Crippen MR) is 71.1 cm³/mol. The molecule has 0 spiro atoms. The van der Waals surface area contributed by atoms with Crippen molar-refractivity contribution in [1.82, 2.24) is 4.90 Å². The summed E-state index contributed by atoms with van der Waals surface area (Å²) in [5, 5.41) is 0. The van der Waals surface area contributed by atoms with Crippen LogP contribution in [-0.4, -0.2) is 36.0 Å². The van der Waals surface area contributed by atoms with Crippen molar-refractivity contribution in [3.05, 3.63) is 29.6 Å². The fraction of sp³-hybridized carbons (Fsp3) is 0.333. The molecule has 0 saturated carbocycles. The zero-order valence-corrected chi connectivity index (χ0v) is 11.3. The third-order valence-corrected chi connectivity index (χ3v) is 2.52. The van der Waals surface area contributed by atoms with E-state index in [2.05, 4.69) is 0 Å². The molecule has 0 bridgehead atoms. The van der Waals surface area contributed by atoms with Crippen LogP contribution in [0.25, 0.3) is 0 Å². The van der Waals surface area contributed by atoms with Gasteiger partial charge in [0.2, 0.25) is 0 Å². The van der Waals surface area contributed by atoms with Gasteiger partial charge in [-0.25, -0.2) is 4.39 Å². The molecule has 1 rings (SSSR count). The van der Waals surface area contributed by atoms with Crippen LogP contribution in [0, 0.1) is 5.82 Å². The molecule has 0 radical (unpaired) electrons. The van der Waals surface area contributed by atoms with Crippen molar-refractivity contribution in [3.63, 3.8) is 0 Å². The lowest BCUT2D eigenvalue weighted by Gasteiger charge is -2.19. The first-order chi connectivity index (χ1) is 8.34. The average Bonchev–Trinajstić information content (AvgIpc) is 2.27. The largest absolute Gasteiger partial charge is 0.480 e. The van der Waals surface area contributed by atoms with E-state index in [9.17, 15) is 9.18 Å². The number of rotatable bonds is 4. The van der Waals surface area contributed by atoms with Crippen molar-refractivity contribution < 1.29 is 13.9 Å². The van der Waals surface area contributed by atoms with Crippen LogP contribution in [0.15, 0.2) is 18.2 Å². The summed E-state index contributed by atoms with van der Waals surface area (Å²) in [5.74, 6) is -0.622. The maximum absolute atomic E-state index is 13.6. The Kier molecular flexibility index (Phi) is 4.61. The van der Waals surface area contributed by atoms with Crippen LogP contribution in [0.3, 0.4) is 0 Å². The van der Waals surface area contributed by atoms with Crippen molar-refractivity contribution in [2.45, 2.75) is 13.0 Å². The Morgan fingerprint density at radius 2 is 2.11 bits per heavy atom. The van der Waals surface area contributed by atoms with E-state index >= 15 is 0 Å². The highest BCUT2D eigenvalue weighted by molar-refractivity contribution is 7.80. The van der Waals surface area contributed by atoms with Gasteiger partial charge in [0.1, 0.15) is 16.6 Å². The van der Waals surface area contributed by atoms with Crippen LogP contribution in [0.5, 0.6) is 5.75 Å². The molecule has 4 nitrogen and oxygen atoms in total. The highest BCUT2D eigenvalue weighted by Crippen LogP contribution is 2.22. The van der Waals surface area contributed by atoms with Gasteiger partial charge in [-0.2, -0.15) is 0 Å². The number of hydrogen-bond acceptors (Lipinski definition) is 3. The topological polar surface area (TPSA) is 55.6 Å². The minimum atomic E-state index is -0.741. The first-order valence-corrected chi connectivity index (χ1v) is 5.71. The number of benzene rings is 1. The van der Waals surface area contributed by atoms with E-state index in [-0.39, 0.29) is 22.2 Å². The van der Waals surface area contributed by atoms with Gasteiger partial charge in [-0.1, -0.05) is 18.3 Å². The molecule has 98 valence electrons. The Hall–Kier alpha value is -1.69. The molecule has 0 aliphatic carbocycles. The van der Waals surface area contributed by atoms with Gasteiger partial charge in [0.15, 0.2) is 6.10 Å². The van der Waals surface area contributed by atoms with Crippen LogP contribution >= 0.6 is 12.2 Å². The molecule has 2 N–H and O–H groups in total. The first-order valence-electron chi connectivity index (χ1n) is 5.30. The number of hydrogen-bond donors (Lipinski definition) is 1. The van der Waals surface area contributed by atoms with Gasteiger partial charge >= 0.3 is 0 Å². The first kappa shape index (κ1) is 14.4. The summed E-state index contributed by atoms with van der Waals surface area (Å²) in [7, 11) is 3.23. The Morgan fingerprint density at radius 1 is 1.50 bits per heavy atom.